The Balaban J connectivity index is 2.10. The molecule has 0 bridgehead atoms. The highest BCUT2D eigenvalue weighted by molar-refractivity contribution is 7.15. The molecule has 0 unspecified atom stereocenters. The van der Waals surface area contributed by atoms with E-state index in [0.717, 1.165) is 0 Å². The molecule has 21 heavy (non-hydrogen) atoms. The minimum Gasteiger partial charge on any atom is -0.384 e. The maximum atomic E-state index is 12.5. The van der Waals surface area contributed by atoms with Gasteiger partial charge in [0.1, 0.15) is 0 Å². The van der Waals surface area contributed by atoms with Gasteiger partial charge in [-0.25, -0.2) is 0 Å². The number of carbonyl (C=O) groups excluding carboxylic acids is 1. The lowest BCUT2D eigenvalue weighted by molar-refractivity contribution is -0.138. The molecule has 6 nitrogen and oxygen atoms in total. The first-order valence-electron chi connectivity index (χ1n) is 6.29. The largest absolute Gasteiger partial charge is 0.445 e. The molecule has 1 aliphatic heterocycles. The number of ether oxygens (including phenoxy) is 1. The average molecular weight is 324 g/mol. The zero-order valence-electron chi connectivity index (χ0n) is 11.3. The fourth-order valence-corrected chi connectivity index (χ4v) is 2.84. The van der Waals surface area contributed by atoms with Gasteiger partial charge in [0.05, 0.1) is 12.0 Å². The van der Waals surface area contributed by atoms with Crippen molar-refractivity contribution in [3.8, 4) is 0 Å². The zero-order valence-corrected chi connectivity index (χ0v) is 12.1. The number of nitrogens with one attached hydrogen (secondary N) is 2. The second kappa shape index (κ2) is 6.24. The Morgan fingerprint density at radius 2 is 2.10 bits per heavy atom. The molecule has 0 atom stereocenters. The van der Waals surface area contributed by atoms with Crippen LogP contribution in [0.15, 0.2) is 0 Å². The molecule has 0 aromatic carbocycles. The lowest BCUT2D eigenvalue weighted by Gasteiger charge is -2.35. The van der Waals surface area contributed by atoms with E-state index in [0.29, 0.717) is 37.3 Å². The molecule has 1 saturated heterocycles. The van der Waals surface area contributed by atoms with Crippen molar-refractivity contribution in [3.05, 3.63) is 5.01 Å². The van der Waals surface area contributed by atoms with Crippen molar-refractivity contribution in [1.82, 2.24) is 15.5 Å². The summed E-state index contributed by atoms with van der Waals surface area (Å²) in [5, 5.41) is 10.7. The minimum absolute atomic E-state index is 0.152. The number of methoxy groups -OCH3 is 1. The molecular weight excluding hydrogens is 309 g/mol. The number of hydrogen-bond donors (Lipinski definition) is 2. The van der Waals surface area contributed by atoms with Gasteiger partial charge in [-0.15, -0.1) is 10.2 Å². The number of alkyl halides is 3. The monoisotopic (exact) mass is 324 g/mol. The Bertz CT molecular complexity index is 494. The van der Waals surface area contributed by atoms with E-state index in [-0.39, 0.29) is 17.6 Å². The van der Waals surface area contributed by atoms with Crippen LogP contribution in [0.3, 0.4) is 0 Å². The molecule has 2 heterocycles. The van der Waals surface area contributed by atoms with Crippen LogP contribution in [0.2, 0.25) is 0 Å². The predicted molar refractivity (Wildman–Crippen MR) is 70.0 cm³/mol. The minimum atomic E-state index is -4.56. The molecular formula is C11H15F3N4O2S. The second-order valence-corrected chi connectivity index (χ2v) is 5.81. The maximum absolute atomic E-state index is 12.5. The highest BCUT2D eigenvalue weighted by atomic mass is 32.1. The van der Waals surface area contributed by atoms with Crippen molar-refractivity contribution in [2.75, 3.05) is 32.1 Å². The molecule has 1 aromatic heterocycles. The molecule has 2 N–H and O–H groups in total. The summed E-state index contributed by atoms with van der Waals surface area (Å²) in [6.45, 7) is 1.52. The van der Waals surface area contributed by atoms with Gasteiger partial charge in [-0.3, -0.25) is 10.1 Å². The molecule has 0 spiro atoms. The summed E-state index contributed by atoms with van der Waals surface area (Å²) < 4.78 is 42.5. The standard InChI is InChI=1S/C11H15F3N4O2S/c1-20-6-10(2-4-15-5-3-10)7(19)16-9-18-17-8(21-9)11(12,13)14/h15H,2-6H2,1H3,(H,16,18,19). The van der Waals surface area contributed by atoms with Crippen LogP contribution in [0, 0.1) is 5.41 Å². The van der Waals surface area contributed by atoms with Crippen LogP contribution in [-0.2, 0) is 15.7 Å². The van der Waals surface area contributed by atoms with Gasteiger partial charge < -0.3 is 10.1 Å². The van der Waals surface area contributed by atoms with E-state index in [1.54, 1.807) is 0 Å². The Morgan fingerprint density at radius 3 is 2.62 bits per heavy atom. The van der Waals surface area contributed by atoms with E-state index >= 15 is 0 Å². The van der Waals surface area contributed by atoms with Gasteiger partial charge in [-0.1, -0.05) is 11.3 Å². The summed E-state index contributed by atoms with van der Waals surface area (Å²) in [6, 6.07) is 0. The van der Waals surface area contributed by atoms with Gasteiger partial charge in [-0.05, 0) is 25.9 Å². The van der Waals surface area contributed by atoms with Crippen LogP contribution in [0.25, 0.3) is 0 Å². The van der Waals surface area contributed by atoms with Crippen molar-refractivity contribution >= 4 is 22.4 Å². The van der Waals surface area contributed by atoms with E-state index in [2.05, 4.69) is 20.8 Å². The number of halogens is 3. The third-order valence-corrected chi connectivity index (χ3v) is 4.23. The summed E-state index contributed by atoms with van der Waals surface area (Å²) in [5.74, 6) is -0.379. The Morgan fingerprint density at radius 1 is 1.43 bits per heavy atom. The third kappa shape index (κ3) is 3.69. The molecule has 1 amide bonds. The van der Waals surface area contributed by atoms with Crippen LogP contribution in [0.5, 0.6) is 0 Å². The molecule has 1 aromatic rings. The summed E-state index contributed by atoms with van der Waals surface area (Å²) in [6.07, 6.45) is -3.45. The zero-order chi connectivity index (χ0) is 15.5. The van der Waals surface area contributed by atoms with Crippen molar-refractivity contribution in [3.63, 3.8) is 0 Å². The number of aromatic nitrogens is 2. The Kier molecular flexibility index (Phi) is 4.79. The maximum Gasteiger partial charge on any atom is 0.445 e. The van der Waals surface area contributed by atoms with E-state index in [4.69, 9.17) is 4.74 Å². The molecule has 1 fully saturated rings. The number of anilines is 1. The molecule has 0 radical (unpaired) electrons. The van der Waals surface area contributed by atoms with Gasteiger partial charge in [0, 0.05) is 7.11 Å². The third-order valence-electron chi connectivity index (χ3n) is 3.35. The predicted octanol–water partition coefficient (Wildman–Crippen LogP) is 1.51. The SMILES string of the molecule is COCC1(C(=O)Nc2nnc(C(F)(F)F)s2)CCNCC1. The van der Waals surface area contributed by atoms with E-state index in [1.807, 2.05) is 0 Å². The van der Waals surface area contributed by atoms with Crippen molar-refractivity contribution in [2.24, 2.45) is 5.41 Å². The first-order valence-corrected chi connectivity index (χ1v) is 7.11. The van der Waals surface area contributed by atoms with E-state index in [9.17, 15) is 18.0 Å². The van der Waals surface area contributed by atoms with Gasteiger partial charge in [0.2, 0.25) is 16.0 Å². The number of rotatable bonds is 4. The quantitative estimate of drug-likeness (QED) is 0.878. The van der Waals surface area contributed by atoms with Crippen molar-refractivity contribution in [2.45, 2.75) is 19.0 Å². The van der Waals surface area contributed by atoms with Crippen LogP contribution >= 0.6 is 11.3 Å². The van der Waals surface area contributed by atoms with Gasteiger partial charge >= 0.3 is 6.18 Å². The number of amides is 1. The normalized spacial score (nSPS) is 18.5. The van der Waals surface area contributed by atoms with E-state index in [1.165, 1.54) is 7.11 Å². The van der Waals surface area contributed by atoms with Gasteiger partial charge in [0.25, 0.3) is 0 Å². The topological polar surface area (TPSA) is 76.1 Å². The fourth-order valence-electron chi connectivity index (χ4n) is 2.24. The van der Waals surface area contributed by atoms with E-state index < -0.39 is 16.6 Å². The molecule has 118 valence electrons. The van der Waals surface area contributed by atoms with Crippen LogP contribution < -0.4 is 10.6 Å². The van der Waals surface area contributed by atoms with Crippen molar-refractivity contribution < 1.29 is 22.7 Å². The lowest BCUT2D eigenvalue weighted by atomic mass is 9.79. The van der Waals surface area contributed by atoms with Crippen LogP contribution in [0.1, 0.15) is 17.8 Å². The van der Waals surface area contributed by atoms with Gasteiger partial charge in [0.15, 0.2) is 0 Å². The van der Waals surface area contributed by atoms with Crippen LogP contribution in [-0.4, -0.2) is 42.9 Å². The first kappa shape index (κ1) is 16.1. The number of nitrogens with zero attached hydrogens (tertiary/aromatic N) is 2. The highest BCUT2D eigenvalue weighted by Gasteiger charge is 2.41. The highest BCUT2D eigenvalue weighted by Crippen LogP contribution is 2.35. The Labute approximate surface area is 123 Å². The first-order chi connectivity index (χ1) is 9.87. The molecule has 10 heteroatoms. The lowest BCUT2D eigenvalue weighted by Crippen LogP contribution is -2.47. The summed E-state index contributed by atoms with van der Waals surface area (Å²) >= 11 is 0.313. The summed E-state index contributed by atoms with van der Waals surface area (Å²) in [4.78, 5) is 12.4. The number of hydrogen-bond acceptors (Lipinski definition) is 6. The van der Waals surface area contributed by atoms with Crippen LogP contribution in [0.4, 0.5) is 18.3 Å². The average Bonchev–Trinajstić information content (AvgIpc) is 2.88. The molecule has 0 aliphatic carbocycles. The number of piperidine rings is 1. The second-order valence-electron chi connectivity index (χ2n) is 4.83. The molecule has 2 rings (SSSR count). The molecule has 0 saturated carbocycles. The molecule has 1 aliphatic rings. The number of carbonyl (C=O) groups is 1. The smallest absolute Gasteiger partial charge is 0.384 e. The summed E-state index contributed by atoms with van der Waals surface area (Å²) in [7, 11) is 1.49. The fraction of sp³-hybridized carbons (Fsp3) is 0.727. The summed E-state index contributed by atoms with van der Waals surface area (Å²) in [5.41, 5.74) is -0.746. The Hall–Kier alpha value is -1.26. The van der Waals surface area contributed by atoms with Gasteiger partial charge in [-0.2, -0.15) is 13.2 Å². The van der Waals surface area contributed by atoms with Crippen molar-refractivity contribution in [1.29, 1.82) is 0 Å².